The van der Waals surface area contributed by atoms with Crippen LogP contribution in [0.2, 0.25) is 0 Å². The van der Waals surface area contributed by atoms with Gasteiger partial charge in [-0.2, -0.15) is 5.10 Å². The van der Waals surface area contributed by atoms with Gasteiger partial charge in [-0.25, -0.2) is 5.43 Å². The SMILES string of the molecule is COc1ccc(C(=O)NCC(=O)N/N=C/c2cc(Br)c(O)c(OC)c2)cc1OC. The lowest BCUT2D eigenvalue weighted by atomic mass is 10.2. The standard InChI is InChI=1S/C19H20BrN3O6/c1-27-14-5-4-12(8-15(14)28-2)19(26)21-10-17(24)23-22-9-11-6-13(20)18(25)16(7-11)29-3/h4-9,25H,10H2,1-3H3,(H,21,26)(H,23,24)/b22-9+. The van der Waals surface area contributed by atoms with Crippen LogP contribution in [0.4, 0.5) is 0 Å². The highest BCUT2D eigenvalue weighted by molar-refractivity contribution is 9.10. The second-order valence-corrected chi connectivity index (χ2v) is 6.45. The van der Waals surface area contributed by atoms with E-state index in [1.807, 2.05) is 0 Å². The molecule has 0 atom stereocenters. The first-order valence-electron chi connectivity index (χ1n) is 8.28. The Morgan fingerprint density at radius 2 is 1.76 bits per heavy atom. The number of nitrogens with zero attached hydrogens (tertiary/aromatic N) is 1. The van der Waals surface area contributed by atoms with Gasteiger partial charge in [0.15, 0.2) is 23.0 Å². The van der Waals surface area contributed by atoms with Crippen molar-refractivity contribution in [3.63, 3.8) is 0 Å². The number of benzene rings is 2. The minimum Gasteiger partial charge on any atom is -0.503 e. The molecule has 2 aromatic carbocycles. The first kappa shape index (κ1) is 22.0. The molecule has 10 heteroatoms. The van der Waals surface area contributed by atoms with E-state index >= 15 is 0 Å². The van der Waals surface area contributed by atoms with Crippen LogP contribution in [-0.2, 0) is 4.79 Å². The van der Waals surface area contributed by atoms with Gasteiger partial charge < -0.3 is 24.6 Å². The van der Waals surface area contributed by atoms with Gasteiger partial charge in [-0.3, -0.25) is 9.59 Å². The number of amides is 2. The first-order valence-corrected chi connectivity index (χ1v) is 9.07. The third-order valence-corrected chi connectivity index (χ3v) is 4.33. The van der Waals surface area contributed by atoms with E-state index in [1.54, 1.807) is 24.3 Å². The zero-order valence-corrected chi connectivity index (χ0v) is 17.6. The molecule has 3 N–H and O–H groups in total. The molecule has 0 aliphatic heterocycles. The highest BCUT2D eigenvalue weighted by Crippen LogP contribution is 2.34. The number of carbonyl (C=O) groups excluding carboxylic acids is 2. The van der Waals surface area contributed by atoms with Crippen molar-refractivity contribution < 1.29 is 28.9 Å². The number of halogens is 1. The van der Waals surface area contributed by atoms with Crippen LogP contribution in [0.25, 0.3) is 0 Å². The Balaban J connectivity index is 1.91. The molecule has 0 spiro atoms. The van der Waals surface area contributed by atoms with Crippen LogP contribution in [0, 0.1) is 0 Å². The highest BCUT2D eigenvalue weighted by atomic mass is 79.9. The molecule has 0 saturated heterocycles. The number of methoxy groups -OCH3 is 3. The van der Waals surface area contributed by atoms with Crippen LogP contribution in [0.5, 0.6) is 23.0 Å². The minimum atomic E-state index is -0.514. The van der Waals surface area contributed by atoms with Crippen molar-refractivity contribution in [3.05, 3.63) is 45.9 Å². The van der Waals surface area contributed by atoms with Crippen molar-refractivity contribution in [1.82, 2.24) is 10.7 Å². The third kappa shape index (κ3) is 5.85. The smallest absolute Gasteiger partial charge is 0.259 e. The number of ether oxygens (including phenoxy) is 3. The van der Waals surface area contributed by atoms with Crippen molar-refractivity contribution in [2.75, 3.05) is 27.9 Å². The maximum absolute atomic E-state index is 12.2. The van der Waals surface area contributed by atoms with Crippen LogP contribution in [-0.4, -0.2) is 51.0 Å². The Bertz CT molecular complexity index is 932. The molecule has 0 heterocycles. The third-order valence-electron chi connectivity index (χ3n) is 3.73. The average molecular weight is 466 g/mol. The van der Waals surface area contributed by atoms with E-state index < -0.39 is 11.8 Å². The van der Waals surface area contributed by atoms with Crippen molar-refractivity contribution in [1.29, 1.82) is 0 Å². The zero-order chi connectivity index (χ0) is 21.4. The molecule has 0 bridgehead atoms. The van der Waals surface area contributed by atoms with E-state index in [9.17, 15) is 14.7 Å². The normalized spacial score (nSPS) is 10.5. The topological polar surface area (TPSA) is 118 Å². The summed E-state index contributed by atoms with van der Waals surface area (Å²) in [5.74, 6) is 0.163. The lowest BCUT2D eigenvalue weighted by Crippen LogP contribution is -2.34. The lowest BCUT2D eigenvalue weighted by molar-refractivity contribution is -0.120. The number of hydrogen-bond acceptors (Lipinski definition) is 7. The van der Waals surface area contributed by atoms with Gasteiger partial charge in [0.2, 0.25) is 0 Å². The molecule has 2 rings (SSSR count). The summed E-state index contributed by atoms with van der Waals surface area (Å²) in [4.78, 5) is 24.1. The molecule has 0 aromatic heterocycles. The van der Waals surface area contributed by atoms with E-state index in [1.165, 1.54) is 33.6 Å². The molecular formula is C19H20BrN3O6. The fraction of sp³-hybridized carbons (Fsp3) is 0.211. The Kier molecular flexibility index (Phi) is 7.84. The maximum atomic E-state index is 12.2. The summed E-state index contributed by atoms with van der Waals surface area (Å²) in [5.41, 5.74) is 3.21. The van der Waals surface area contributed by atoms with E-state index in [0.717, 1.165) is 0 Å². The summed E-state index contributed by atoms with van der Waals surface area (Å²) in [6, 6.07) is 7.83. The number of phenolic OH excluding ortho intramolecular Hbond substituents is 1. The fourth-order valence-electron chi connectivity index (χ4n) is 2.28. The van der Waals surface area contributed by atoms with Gasteiger partial charge in [-0.1, -0.05) is 0 Å². The number of carbonyl (C=O) groups is 2. The van der Waals surface area contributed by atoms with Crippen molar-refractivity contribution in [2.45, 2.75) is 0 Å². The quantitative estimate of drug-likeness (QED) is 0.405. The van der Waals surface area contributed by atoms with Crippen molar-refractivity contribution in [2.24, 2.45) is 5.10 Å². The molecule has 2 amide bonds. The molecular weight excluding hydrogens is 446 g/mol. The summed E-state index contributed by atoms with van der Waals surface area (Å²) in [6.45, 7) is -0.271. The minimum absolute atomic E-state index is 0.0356. The van der Waals surface area contributed by atoms with E-state index in [-0.39, 0.29) is 18.0 Å². The van der Waals surface area contributed by atoms with Crippen molar-refractivity contribution >= 4 is 34.0 Å². The summed E-state index contributed by atoms with van der Waals surface area (Å²) in [6.07, 6.45) is 1.38. The lowest BCUT2D eigenvalue weighted by Gasteiger charge is -2.09. The molecule has 0 unspecified atom stereocenters. The summed E-state index contributed by atoms with van der Waals surface area (Å²) < 4.78 is 15.7. The van der Waals surface area contributed by atoms with Crippen LogP contribution >= 0.6 is 15.9 Å². The molecule has 0 fully saturated rings. The van der Waals surface area contributed by atoms with Crippen LogP contribution < -0.4 is 25.0 Å². The summed E-state index contributed by atoms with van der Waals surface area (Å²) in [7, 11) is 4.38. The number of phenols is 1. The molecule has 9 nitrogen and oxygen atoms in total. The van der Waals surface area contributed by atoms with Crippen LogP contribution in [0.1, 0.15) is 15.9 Å². The molecule has 0 aliphatic rings. The predicted molar refractivity (Wildman–Crippen MR) is 110 cm³/mol. The fourth-order valence-corrected chi connectivity index (χ4v) is 2.74. The number of hydrazone groups is 1. The van der Waals surface area contributed by atoms with Gasteiger partial charge in [0.25, 0.3) is 11.8 Å². The molecule has 2 aromatic rings. The maximum Gasteiger partial charge on any atom is 0.259 e. The van der Waals surface area contributed by atoms with Gasteiger partial charge in [0, 0.05) is 5.56 Å². The van der Waals surface area contributed by atoms with Crippen LogP contribution in [0.15, 0.2) is 39.9 Å². The van der Waals surface area contributed by atoms with E-state index in [2.05, 4.69) is 31.8 Å². The monoisotopic (exact) mass is 465 g/mol. The van der Waals surface area contributed by atoms with Gasteiger partial charge in [-0.05, 0) is 51.8 Å². The van der Waals surface area contributed by atoms with Gasteiger partial charge in [0.05, 0.1) is 38.6 Å². The summed E-state index contributed by atoms with van der Waals surface area (Å²) >= 11 is 3.20. The summed E-state index contributed by atoms with van der Waals surface area (Å²) in [5, 5.41) is 16.1. The number of rotatable bonds is 8. The Morgan fingerprint density at radius 1 is 1.07 bits per heavy atom. The van der Waals surface area contributed by atoms with E-state index in [4.69, 9.17) is 14.2 Å². The largest absolute Gasteiger partial charge is 0.503 e. The molecule has 0 saturated carbocycles. The van der Waals surface area contributed by atoms with Gasteiger partial charge in [-0.15, -0.1) is 0 Å². The average Bonchev–Trinajstić information content (AvgIpc) is 2.73. The highest BCUT2D eigenvalue weighted by Gasteiger charge is 2.12. The Labute approximate surface area is 175 Å². The molecule has 154 valence electrons. The predicted octanol–water partition coefficient (Wildman–Crippen LogP) is 2.06. The number of aromatic hydroxyl groups is 1. The van der Waals surface area contributed by atoms with Crippen LogP contribution in [0.3, 0.4) is 0 Å². The first-order chi connectivity index (χ1) is 13.9. The molecule has 0 aliphatic carbocycles. The second kappa shape index (κ2) is 10.3. The van der Waals surface area contributed by atoms with Gasteiger partial charge >= 0.3 is 0 Å². The van der Waals surface area contributed by atoms with E-state index in [0.29, 0.717) is 27.1 Å². The Morgan fingerprint density at radius 3 is 2.41 bits per heavy atom. The second-order valence-electron chi connectivity index (χ2n) is 5.60. The number of nitrogens with one attached hydrogen (secondary N) is 2. The zero-order valence-electron chi connectivity index (χ0n) is 16.0. The Hall–Kier alpha value is -3.27. The molecule has 29 heavy (non-hydrogen) atoms. The van der Waals surface area contributed by atoms with Crippen molar-refractivity contribution in [3.8, 4) is 23.0 Å². The van der Waals surface area contributed by atoms with Gasteiger partial charge in [0.1, 0.15) is 0 Å². The molecule has 0 radical (unpaired) electrons. The number of hydrogen-bond donors (Lipinski definition) is 3.